The van der Waals surface area contributed by atoms with Crippen LogP contribution in [0.25, 0.3) is 0 Å². The van der Waals surface area contributed by atoms with Gasteiger partial charge in [0, 0.05) is 0 Å². The maximum absolute atomic E-state index is 12.0. The van der Waals surface area contributed by atoms with E-state index < -0.39 is 23.8 Å². The molecular formula is C15H24O4. The Kier molecular flexibility index (Phi) is 5.58. The lowest BCUT2D eigenvalue weighted by atomic mass is 9.77. The Morgan fingerprint density at radius 3 is 2.53 bits per heavy atom. The van der Waals surface area contributed by atoms with E-state index in [1.165, 1.54) is 0 Å². The van der Waals surface area contributed by atoms with Gasteiger partial charge >= 0.3 is 11.9 Å². The topological polar surface area (TPSA) is 63.6 Å². The summed E-state index contributed by atoms with van der Waals surface area (Å²) < 4.78 is 5.28. The summed E-state index contributed by atoms with van der Waals surface area (Å²) in [6, 6.07) is 0. The first kappa shape index (κ1) is 15.7. The third kappa shape index (κ3) is 4.08. The molecule has 4 nitrogen and oxygen atoms in total. The van der Waals surface area contributed by atoms with Crippen LogP contribution in [0.5, 0.6) is 0 Å². The Morgan fingerprint density at radius 1 is 1.37 bits per heavy atom. The molecule has 1 aliphatic rings. The molecule has 0 aromatic heterocycles. The Balaban J connectivity index is 2.66. The number of carboxylic acid groups (broad SMARTS) is 1. The summed E-state index contributed by atoms with van der Waals surface area (Å²) in [6.45, 7) is 8.37. The molecule has 0 aromatic carbocycles. The summed E-state index contributed by atoms with van der Waals surface area (Å²) in [5, 5.41) is 9.25. The highest BCUT2D eigenvalue weighted by Gasteiger charge is 2.38. The number of rotatable bonds is 5. The predicted molar refractivity (Wildman–Crippen MR) is 72.5 cm³/mol. The van der Waals surface area contributed by atoms with Crippen molar-refractivity contribution in [3.8, 4) is 0 Å². The summed E-state index contributed by atoms with van der Waals surface area (Å²) >= 11 is 0. The van der Waals surface area contributed by atoms with Crippen molar-refractivity contribution < 1.29 is 19.4 Å². The van der Waals surface area contributed by atoms with E-state index in [1.54, 1.807) is 6.08 Å². The van der Waals surface area contributed by atoms with E-state index in [-0.39, 0.29) is 11.8 Å². The minimum absolute atomic E-state index is 0.0393. The second-order valence-electron chi connectivity index (χ2n) is 5.88. The third-order valence-electron chi connectivity index (χ3n) is 4.04. The second kappa shape index (κ2) is 6.73. The van der Waals surface area contributed by atoms with E-state index in [4.69, 9.17) is 4.74 Å². The molecule has 4 atom stereocenters. The SMILES string of the molecule is CC(C)C(C)COC(=O)C1C=CCC(C)C1C(=O)O. The van der Waals surface area contributed by atoms with Crippen LogP contribution in [0, 0.1) is 29.6 Å². The molecule has 0 bridgehead atoms. The second-order valence-corrected chi connectivity index (χ2v) is 5.88. The molecule has 0 aliphatic heterocycles. The van der Waals surface area contributed by atoms with Gasteiger partial charge in [-0.05, 0) is 24.2 Å². The van der Waals surface area contributed by atoms with Crippen LogP contribution in [-0.4, -0.2) is 23.7 Å². The third-order valence-corrected chi connectivity index (χ3v) is 4.04. The molecule has 19 heavy (non-hydrogen) atoms. The van der Waals surface area contributed by atoms with Gasteiger partial charge < -0.3 is 9.84 Å². The Hall–Kier alpha value is -1.32. The molecule has 1 rings (SSSR count). The van der Waals surface area contributed by atoms with Crippen molar-refractivity contribution in [2.45, 2.75) is 34.1 Å². The number of ether oxygens (including phenoxy) is 1. The molecule has 0 radical (unpaired) electrons. The van der Waals surface area contributed by atoms with Crippen molar-refractivity contribution >= 4 is 11.9 Å². The van der Waals surface area contributed by atoms with Crippen LogP contribution in [0.2, 0.25) is 0 Å². The molecule has 0 spiro atoms. The zero-order chi connectivity index (χ0) is 14.6. The monoisotopic (exact) mass is 268 g/mol. The summed E-state index contributed by atoms with van der Waals surface area (Å²) in [4.78, 5) is 23.3. The largest absolute Gasteiger partial charge is 0.481 e. The van der Waals surface area contributed by atoms with E-state index in [9.17, 15) is 14.7 Å². The molecule has 0 aromatic rings. The van der Waals surface area contributed by atoms with Gasteiger partial charge in [-0.3, -0.25) is 9.59 Å². The number of hydrogen-bond donors (Lipinski definition) is 1. The molecule has 0 fully saturated rings. The highest BCUT2D eigenvalue weighted by molar-refractivity contribution is 5.83. The Bertz CT molecular complexity index is 359. The van der Waals surface area contributed by atoms with Crippen LogP contribution in [0.4, 0.5) is 0 Å². The van der Waals surface area contributed by atoms with Gasteiger partial charge in [0.2, 0.25) is 0 Å². The van der Waals surface area contributed by atoms with Crippen LogP contribution in [-0.2, 0) is 14.3 Å². The maximum Gasteiger partial charge on any atom is 0.313 e. The summed E-state index contributed by atoms with van der Waals surface area (Å²) in [5.41, 5.74) is 0. The fourth-order valence-electron chi connectivity index (χ4n) is 2.18. The van der Waals surface area contributed by atoms with Gasteiger partial charge in [-0.2, -0.15) is 0 Å². The summed E-state index contributed by atoms with van der Waals surface area (Å²) in [5.74, 6) is -1.99. The van der Waals surface area contributed by atoms with E-state index in [0.29, 0.717) is 18.9 Å². The van der Waals surface area contributed by atoms with Crippen molar-refractivity contribution in [1.29, 1.82) is 0 Å². The van der Waals surface area contributed by atoms with Gasteiger partial charge in [-0.15, -0.1) is 0 Å². The van der Waals surface area contributed by atoms with Crippen LogP contribution >= 0.6 is 0 Å². The first-order valence-electron chi connectivity index (χ1n) is 6.90. The first-order valence-corrected chi connectivity index (χ1v) is 6.90. The summed E-state index contributed by atoms with van der Waals surface area (Å²) in [7, 11) is 0. The fourth-order valence-corrected chi connectivity index (χ4v) is 2.18. The smallest absolute Gasteiger partial charge is 0.313 e. The van der Waals surface area contributed by atoms with Crippen molar-refractivity contribution in [3.05, 3.63) is 12.2 Å². The van der Waals surface area contributed by atoms with E-state index >= 15 is 0 Å². The van der Waals surface area contributed by atoms with Crippen LogP contribution in [0.15, 0.2) is 12.2 Å². The molecule has 1 aliphatic carbocycles. The zero-order valence-electron chi connectivity index (χ0n) is 12.1. The van der Waals surface area contributed by atoms with Gasteiger partial charge in [-0.1, -0.05) is 39.8 Å². The average molecular weight is 268 g/mol. The number of hydrogen-bond acceptors (Lipinski definition) is 3. The fraction of sp³-hybridized carbons (Fsp3) is 0.733. The molecule has 4 heteroatoms. The highest BCUT2D eigenvalue weighted by atomic mass is 16.5. The standard InChI is InChI=1S/C15H24O4/c1-9(2)11(4)8-19-15(18)12-7-5-6-10(3)13(12)14(16)17/h5,7,9-13H,6,8H2,1-4H3,(H,16,17). The van der Waals surface area contributed by atoms with Gasteiger partial charge in [0.25, 0.3) is 0 Å². The normalized spacial score (nSPS) is 28.2. The lowest BCUT2D eigenvalue weighted by molar-refractivity contribution is -0.158. The van der Waals surface area contributed by atoms with Crippen LogP contribution < -0.4 is 0 Å². The van der Waals surface area contributed by atoms with Gasteiger partial charge in [0.05, 0.1) is 18.4 Å². The number of allylic oxidation sites excluding steroid dienone is 1. The van der Waals surface area contributed by atoms with Crippen molar-refractivity contribution in [3.63, 3.8) is 0 Å². The van der Waals surface area contributed by atoms with Crippen LogP contribution in [0.3, 0.4) is 0 Å². The molecule has 0 saturated carbocycles. The molecule has 108 valence electrons. The number of carbonyl (C=O) groups is 2. The molecular weight excluding hydrogens is 244 g/mol. The quantitative estimate of drug-likeness (QED) is 0.615. The number of esters is 1. The Labute approximate surface area is 114 Å². The minimum Gasteiger partial charge on any atom is -0.481 e. The molecule has 4 unspecified atom stereocenters. The zero-order valence-corrected chi connectivity index (χ0v) is 12.1. The lowest BCUT2D eigenvalue weighted by Gasteiger charge is -2.28. The van der Waals surface area contributed by atoms with Gasteiger partial charge in [0.15, 0.2) is 0 Å². The highest BCUT2D eigenvalue weighted by Crippen LogP contribution is 2.31. The Morgan fingerprint density at radius 2 is 2.00 bits per heavy atom. The molecule has 0 amide bonds. The van der Waals surface area contributed by atoms with E-state index in [1.807, 2.05) is 19.9 Å². The summed E-state index contributed by atoms with van der Waals surface area (Å²) in [6.07, 6.45) is 4.26. The average Bonchev–Trinajstić information content (AvgIpc) is 2.34. The van der Waals surface area contributed by atoms with E-state index in [0.717, 1.165) is 0 Å². The minimum atomic E-state index is -0.921. The molecule has 1 N–H and O–H groups in total. The number of aliphatic carboxylic acids is 1. The molecule has 0 saturated heterocycles. The maximum atomic E-state index is 12.0. The van der Waals surface area contributed by atoms with Crippen molar-refractivity contribution in [2.24, 2.45) is 29.6 Å². The van der Waals surface area contributed by atoms with Gasteiger partial charge in [0.1, 0.15) is 0 Å². The number of carboxylic acids is 1. The predicted octanol–water partition coefficient (Wildman–Crippen LogP) is 2.73. The molecule has 0 heterocycles. The van der Waals surface area contributed by atoms with E-state index in [2.05, 4.69) is 13.8 Å². The van der Waals surface area contributed by atoms with Gasteiger partial charge in [-0.25, -0.2) is 0 Å². The van der Waals surface area contributed by atoms with Crippen molar-refractivity contribution in [2.75, 3.05) is 6.61 Å². The lowest BCUT2D eigenvalue weighted by Crippen LogP contribution is -2.36. The number of carbonyl (C=O) groups excluding carboxylic acids is 1. The first-order chi connectivity index (χ1) is 8.84. The van der Waals surface area contributed by atoms with Crippen molar-refractivity contribution in [1.82, 2.24) is 0 Å². The van der Waals surface area contributed by atoms with Crippen LogP contribution in [0.1, 0.15) is 34.1 Å².